The van der Waals surface area contributed by atoms with E-state index >= 15 is 0 Å². The summed E-state index contributed by atoms with van der Waals surface area (Å²) in [4.78, 5) is 0. The van der Waals surface area contributed by atoms with Gasteiger partial charge in [0.2, 0.25) is 0 Å². The molecule has 0 aliphatic rings. The monoisotopic (exact) mass is 278 g/mol. The summed E-state index contributed by atoms with van der Waals surface area (Å²) in [5.41, 5.74) is 9.27. The highest BCUT2D eigenvalue weighted by Crippen LogP contribution is 2.18. The fourth-order valence-corrected chi connectivity index (χ4v) is 2.03. The van der Waals surface area contributed by atoms with Crippen LogP contribution in [0.3, 0.4) is 0 Å². The number of benzene rings is 1. The maximum Gasteiger partial charge on any atom is 0.0716 e. The second kappa shape index (κ2) is 9.66. The Labute approximate surface area is 122 Å². The zero-order chi connectivity index (χ0) is 14.8. The number of methoxy groups -OCH3 is 1. The van der Waals surface area contributed by atoms with E-state index in [4.69, 9.17) is 15.2 Å². The highest BCUT2D eigenvalue weighted by molar-refractivity contribution is 5.29. The number of hydrogen-bond donors (Lipinski definition) is 2. The van der Waals surface area contributed by atoms with Crippen molar-refractivity contribution in [1.29, 1.82) is 0 Å². The lowest BCUT2D eigenvalue weighted by Gasteiger charge is -2.20. The van der Waals surface area contributed by atoms with Crippen molar-refractivity contribution in [2.45, 2.75) is 19.6 Å². The first-order valence-electron chi connectivity index (χ1n) is 6.91. The van der Waals surface area contributed by atoms with E-state index in [0.29, 0.717) is 26.4 Å². The molecule has 0 heterocycles. The summed E-state index contributed by atoms with van der Waals surface area (Å²) in [6, 6.07) is 8.32. The molecule has 0 radical (unpaired) electrons. The molecule has 1 aromatic rings. The van der Waals surface area contributed by atoms with Crippen molar-refractivity contribution in [2.75, 3.05) is 33.4 Å². The quantitative estimate of drug-likeness (QED) is 0.508. The summed E-state index contributed by atoms with van der Waals surface area (Å²) in [5, 5.41) is 3.42. The van der Waals surface area contributed by atoms with Crippen molar-refractivity contribution >= 4 is 0 Å². The molecule has 1 unspecified atom stereocenters. The van der Waals surface area contributed by atoms with Crippen molar-refractivity contribution in [3.05, 3.63) is 47.5 Å². The van der Waals surface area contributed by atoms with Crippen LogP contribution in [0.15, 0.2) is 36.4 Å². The topological polar surface area (TPSA) is 56.5 Å². The van der Waals surface area contributed by atoms with E-state index in [1.54, 1.807) is 7.11 Å². The molecule has 0 aromatic heterocycles. The first-order chi connectivity index (χ1) is 9.69. The molecule has 0 aliphatic carbocycles. The van der Waals surface area contributed by atoms with Gasteiger partial charge in [0.1, 0.15) is 0 Å². The van der Waals surface area contributed by atoms with Crippen LogP contribution in [0.4, 0.5) is 0 Å². The average molecular weight is 278 g/mol. The van der Waals surface area contributed by atoms with Gasteiger partial charge in [-0.25, -0.2) is 0 Å². The number of nitrogens with one attached hydrogen (secondary N) is 1. The van der Waals surface area contributed by atoms with Gasteiger partial charge in [-0.2, -0.15) is 0 Å². The van der Waals surface area contributed by atoms with Crippen LogP contribution in [-0.2, 0) is 16.1 Å². The van der Waals surface area contributed by atoms with Crippen LogP contribution in [0, 0.1) is 0 Å². The van der Waals surface area contributed by atoms with Gasteiger partial charge in [-0.1, -0.05) is 36.4 Å². The molecule has 1 atom stereocenters. The Morgan fingerprint density at radius 2 is 2.15 bits per heavy atom. The summed E-state index contributed by atoms with van der Waals surface area (Å²) >= 11 is 0. The summed E-state index contributed by atoms with van der Waals surface area (Å²) in [6.45, 7) is 8.92. The lowest BCUT2D eigenvalue weighted by atomic mass is 10.0. The lowest BCUT2D eigenvalue weighted by Crippen LogP contribution is -2.31. The van der Waals surface area contributed by atoms with Gasteiger partial charge in [-0.05, 0) is 18.1 Å². The number of nitrogens with two attached hydrogens (primary N) is 1. The Balaban J connectivity index is 2.51. The van der Waals surface area contributed by atoms with Crippen LogP contribution < -0.4 is 11.1 Å². The summed E-state index contributed by atoms with van der Waals surface area (Å²) in [6.07, 6.45) is 0. The molecule has 112 valence electrons. The van der Waals surface area contributed by atoms with Gasteiger partial charge in [0.15, 0.2) is 0 Å². The molecule has 1 rings (SSSR count). The first kappa shape index (κ1) is 16.9. The van der Waals surface area contributed by atoms with E-state index in [2.05, 4.69) is 24.0 Å². The second-order valence-electron chi connectivity index (χ2n) is 4.88. The Bertz CT molecular complexity index is 407. The Morgan fingerprint density at radius 1 is 1.40 bits per heavy atom. The van der Waals surface area contributed by atoms with Crippen molar-refractivity contribution < 1.29 is 9.47 Å². The van der Waals surface area contributed by atoms with E-state index in [1.807, 2.05) is 19.1 Å². The van der Waals surface area contributed by atoms with Crippen molar-refractivity contribution in [3.63, 3.8) is 0 Å². The van der Waals surface area contributed by atoms with Crippen LogP contribution >= 0.6 is 0 Å². The number of hydrogen-bond acceptors (Lipinski definition) is 4. The minimum atomic E-state index is 0.120. The minimum Gasteiger partial charge on any atom is -0.380 e. The standard InChI is InChI=1S/C16H26N2O2/c1-13(2)11-20-9-8-18-16(10-17)15-7-5-4-6-14(15)12-19-3/h4-7,16,18H,1,8-12,17H2,2-3H3. The van der Waals surface area contributed by atoms with Gasteiger partial charge in [0, 0.05) is 26.2 Å². The van der Waals surface area contributed by atoms with E-state index in [1.165, 1.54) is 11.1 Å². The van der Waals surface area contributed by atoms with Crippen LogP contribution in [0.2, 0.25) is 0 Å². The molecule has 0 fully saturated rings. The normalized spacial score (nSPS) is 12.3. The third kappa shape index (κ3) is 5.84. The molecule has 1 aromatic carbocycles. The van der Waals surface area contributed by atoms with E-state index in [0.717, 1.165) is 12.1 Å². The molecule has 0 bridgehead atoms. The third-order valence-electron chi connectivity index (χ3n) is 2.95. The highest BCUT2D eigenvalue weighted by atomic mass is 16.5. The average Bonchev–Trinajstić information content (AvgIpc) is 2.44. The largest absolute Gasteiger partial charge is 0.380 e. The zero-order valence-corrected chi connectivity index (χ0v) is 12.5. The smallest absolute Gasteiger partial charge is 0.0716 e. The fourth-order valence-electron chi connectivity index (χ4n) is 2.03. The van der Waals surface area contributed by atoms with Crippen LogP contribution in [0.5, 0.6) is 0 Å². The maximum absolute atomic E-state index is 5.87. The lowest BCUT2D eigenvalue weighted by molar-refractivity contribution is 0.155. The zero-order valence-electron chi connectivity index (χ0n) is 12.5. The Kier molecular flexibility index (Phi) is 8.14. The maximum atomic E-state index is 5.87. The fraction of sp³-hybridized carbons (Fsp3) is 0.500. The molecular weight excluding hydrogens is 252 g/mol. The molecule has 0 saturated heterocycles. The van der Waals surface area contributed by atoms with Gasteiger partial charge in [0.05, 0.1) is 19.8 Å². The van der Waals surface area contributed by atoms with Gasteiger partial charge in [0.25, 0.3) is 0 Å². The van der Waals surface area contributed by atoms with E-state index in [9.17, 15) is 0 Å². The molecule has 20 heavy (non-hydrogen) atoms. The molecule has 0 saturated carbocycles. The molecule has 0 spiro atoms. The van der Waals surface area contributed by atoms with Gasteiger partial charge >= 0.3 is 0 Å². The van der Waals surface area contributed by atoms with E-state index in [-0.39, 0.29) is 6.04 Å². The molecular formula is C16H26N2O2. The van der Waals surface area contributed by atoms with E-state index < -0.39 is 0 Å². The minimum absolute atomic E-state index is 0.120. The van der Waals surface area contributed by atoms with Crippen molar-refractivity contribution in [2.24, 2.45) is 5.73 Å². The first-order valence-corrected chi connectivity index (χ1v) is 6.91. The number of rotatable bonds is 10. The van der Waals surface area contributed by atoms with Crippen molar-refractivity contribution in [3.8, 4) is 0 Å². The Morgan fingerprint density at radius 3 is 2.80 bits per heavy atom. The van der Waals surface area contributed by atoms with Crippen molar-refractivity contribution in [1.82, 2.24) is 5.32 Å². The van der Waals surface area contributed by atoms with Gasteiger partial charge < -0.3 is 20.5 Å². The number of ether oxygens (including phenoxy) is 2. The van der Waals surface area contributed by atoms with Gasteiger partial charge in [-0.3, -0.25) is 0 Å². The predicted molar refractivity (Wildman–Crippen MR) is 82.6 cm³/mol. The highest BCUT2D eigenvalue weighted by Gasteiger charge is 2.12. The second-order valence-corrected chi connectivity index (χ2v) is 4.88. The molecule has 0 aliphatic heterocycles. The van der Waals surface area contributed by atoms with Gasteiger partial charge in [-0.15, -0.1) is 0 Å². The van der Waals surface area contributed by atoms with Crippen LogP contribution in [0.25, 0.3) is 0 Å². The summed E-state index contributed by atoms with van der Waals surface area (Å²) < 4.78 is 10.7. The van der Waals surface area contributed by atoms with Crippen LogP contribution in [-0.4, -0.2) is 33.4 Å². The third-order valence-corrected chi connectivity index (χ3v) is 2.95. The predicted octanol–water partition coefficient (Wildman–Crippen LogP) is 2.02. The molecule has 0 amide bonds. The molecule has 4 heteroatoms. The van der Waals surface area contributed by atoms with Crippen LogP contribution in [0.1, 0.15) is 24.1 Å². The Hall–Kier alpha value is -1.20. The molecule has 4 nitrogen and oxygen atoms in total. The molecule has 3 N–H and O–H groups in total. The SMILES string of the molecule is C=C(C)COCCNC(CN)c1ccccc1COC. The summed E-state index contributed by atoms with van der Waals surface area (Å²) in [5.74, 6) is 0. The summed E-state index contributed by atoms with van der Waals surface area (Å²) in [7, 11) is 1.70.